The number of rotatable bonds is 8. The molecule has 2 saturated heterocycles. The number of anilines is 1. The fourth-order valence-corrected chi connectivity index (χ4v) is 4.76. The van der Waals surface area contributed by atoms with Gasteiger partial charge in [-0.1, -0.05) is 30.3 Å². The van der Waals surface area contributed by atoms with Gasteiger partial charge in [0.2, 0.25) is 0 Å². The molecular weight excluding hydrogens is 526 g/mol. The first kappa shape index (κ1) is 29.9. The van der Waals surface area contributed by atoms with Crippen molar-refractivity contribution >= 4 is 35.3 Å². The normalized spacial score (nSPS) is 18.9. The van der Waals surface area contributed by atoms with Gasteiger partial charge in [0.1, 0.15) is 23.6 Å². The number of nitrogens with one attached hydrogen (secondary N) is 2. The van der Waals surface area contributed by atoms with Crippen LogP contribution in [0.25, 0.3) is 0 Å². The van der Waals surface area contributed by atoms with Crippen LogP contribution < -0.4 is 10.2 Å². The third kappa shape index (κ3) is 7.77. The average Bonchev–Trinajstić information content (AvgIpc) is 3.31. The van der Waals surface area contributed by atoms with Crippen LogP contribution in [0.5, 0.6) is 0 Å². The highest BCUT2D eigenvalue weighted by Gasteiger charge is 2.35. The standard InChI is InChI=1S/C30H37N5O6/c1-20(28(38)41-30(2,3)4)34-16-14-33(15-17-34)18-24-19-35(29(39)40-24)23-12-10-22(11-13-23)26(31)32-27(37)25(36)21-8-6-5-7-9-21/h5-13,20,24H,14-19H2,1-4H3,(H2,31,32,37). The first-order chi connectivity index (χ1) is 19.4. The average molecular weight is 564 g/mol. The Morgan fingerprint density at radius 2 is 1.63 bits per heavy atom. The number of piperazine rings is 1. The molecule has 0 radical (unpaired) electrons. The molecule has 2 aliphatic heterocycles. The lowest BCUT2D eigenvalue weighted by Crippen LogP contribution is -2.54. The summed E-state index contributed by atoms with van der Waals surface area (Å²) in [7, 11) is 0. The van der Waals surface area contributed by atoms with E-state index in [-0.39, 0.29) is 29.5 Å². The number of hydrogen-bond donors (Lipinski definition) is 2. The maximum absolute atomic E-state index is 12.6. The van der Waals surface area contributed by atoms with Gasteiger partial charge in [-0.05, 0) is 52.0 Å². The molecule has 2 atom stereocenters. The first-order valence-electron chi connectivity index (χ1n) is 13.7. The quantitative estimate of drug-likeness (QED) is 0.165. The van der Waals surface area contributed by atoms with Crippen molar-refractivity contribution in [3.63, 3.8) is 0 Å². The molecule has 11 nitrogen and oxygen atoms in total. The van der Waals surface area contributed by atoms with Crippen LogP contribution in [0.1, 0.15) is 43.6 Å². The molecular formula is C30H37N5O6. The zero-order valence-corrected chi connectivity index (χ0v) is 23.9. The lowest BCUT2D eigenvalue weighted by atomic mass is 10.1. The number of cyclic esters (lactones) is 1. The molecule has 0 aromatic heterocycles. The molecule has 0 bridgehead atoms. The third-order valence-corrected chi connectivity index (χ3v) is 6.99. The first-order valence-corrected chi connectivity index (χ1v) is 13.7. The second-order valence-electron chi connectivity index (χ2n) is 11.2. The molecule has 4 rings (SSSR count). The number of carbonyl (C=O) groups excluding carboxylic acids is 4. The molecule has 2 amide bonds. The Kier molecular flexibility index (Phi) is 9.19. The lowest BCUT2D eigenvalue weighted by Gasteiger charge is -2.38. The summed E-state index contributed by atoms with van der Waals surface area (Å²) in [6, 6.07) is 14.4. The Morgan fingerprint density at radius 3 is 2.24 bits per heavy atom. The van der Waals surface area contributed by atoms with Crippen LogP contribution in [-0.2, 0) is 19.1 Å². The maximum Gasteiger partial charge on any atom is 0.414 e. The molecule has 2 aliphatic rings. The van der Waals surface area contributed by atoms with Gasteiger partial charge in [0.25, 0.3) is 11.7 Å². The molecule has 0 saturated carbocycles. The highest BCUT2D eigenvalue weighted by molar-refractivity contribution is 6.45. The number of Topliss-reactive ketones (excluding diaryl/α,β-unsaturated/α-hetero) is 1. The van der Waals surface area contributed by atoms with Gasteiger partial charge in [0.05, 0.1) is 6.54 Å². The molecule has 11 heteroatoms. The topological polar surface area (TPSA) is 132 Å². The minimum atomic E-state index is -0.892. The van der Waals surface area contributed by atoms with Crippen LogP contribution in [0.3, 0.4) is 0 Å². The highest BCUT2D eigenvalue weighted by atomic mass is 16.6. The summed E-state index contributed by atoms with van der Waals surface area (Å²) < 4.78 is 11.1. The SMILES string of the molecule is CC(C(=O)OC(C)(C)C)N1CCN(CC2CN(c3ccc(C(=N)NC(=O)C(=O)c4ccccc4)cc3)C(=O)O2)CC1. The number of esters is 1. The molecule has 2 heterocycles. The van der Waals surface area contributed by atoms with Gasteiger partial charge in [-0.2, -0.15) is 0 Å². The van der Waals surface area contributed by atoms with Crippen molar-refractivity contribution in [3.05, 3.63) is 65.7 Å². The molecule has 0 aliphatic carbocycles. The van der Waals surface area contributed by atoms with Crippen molar-refractivity contribution in [1.82, 2.24) is 15.1 Å². The molecule has 41 heavy (non-hydrogen) atoms. The van der Waals surface area contributed by atoms with Gasteiger partial charge in [-0.15, -0.1) is 0 Å². The summed E-state index contributed by atoms with van der Waals surface area (Å²) in [5.74, 6) is -2.06. The molecule has 2 N–H and O–H groups in total. The van der Waals surface area contributed by atoms with E-state index >= 15 is 0 Å². The van der Waals surface area contributed by atoms with E-state index in [1.807, 2.05) is 27.7 Å². The summed E-state index contributed by atoms with van der Waals surface area (Å²) >= 11 is 0. The van der Waals surface area contributed by atoms with Crippen molar-refractivity contribution < 1.29 is 28.7 Å². The molecule has 2 unspecified atom stereocenters. The van der Waals surface area contributed by atoms with Gasteiger partial charge >= 0.3 is 12.1 Å². The summed E-state index contributed by atoms with van der Waals surface area (Å²) in [5.41, 5.74) is 0.724. The Labute approximate surface area is 239 Å². The van der Waals surface area contributed by atoms with Crippen molar-refractivity contribution in [2.75, 3.05) is 44.2 Å². The number of hydrogen-bond acceptors (Lipinski definition) is 9. The van der Waals surface area contributed by atoms with Crippen LogP contribution in [0.2, 0.25) is 0 Å². The molecule has 218 valence electrons. The number of carbonyl (C=O) groups is 4. The fraction of sp³-hybridized carbons (Fsp3) is 0.433. The summed E-state index contributed by atoms with van der Waals surface area (Å²) in [5, 5.41) is 10.5. The zero-order chi connectivity index (χ0) is 29.7. The predicted molar refractivity (Wildman–Crippen MR) is 153 cm³/mol. The van der Waals surface area contributed by atoms with E-state index in [2.05, 4.69) is 15.1 Å². The van der Waals surface area contributed by atoms with Crippen LogP contribution >= 0.6 is 0 Å². The number of ketones is 1. The van der Waals surface area contributed by atoms with Gasteiger partial charge in [0, 0.05) is 49.5 Å². The van der Waals surface area contributed by atoms with Gasteiger partial charge in [0.15, 0.2) is 0 Å². The Hall–Kier alpha value is -4.09. The largest absolute Gasteiger partial charge is 0.459 e. The van der Waals surface area contributed by atoms with E-state index in [4.69, 9.17) is 14.9 Å². The number of amides is 2. The molecule has 2 aromatic carbocycles. The van der Waals surface area contributed by atoms with Gasteiger partial charge < -0.3 is 14.8 Å². The molecule has 2 fully saturated rings. The van der Waals surface area contributed by atoms with Crippen molar-refractivity contribution in [1.29, 1.82) is 5.41 Å². The number of ether oxygens (including phenoxy) is 2. The van der Waals surface area contributed by atoms with E-state index in [1.54, 1.807) is 42.5 Å². The van der Waals surface area contributed by atoms with E-state index in [0.29, 0.717) is 37.4 Å². The van der Waals surface area contributed by atoms with Crippen LogP contribution in [0.15, 0.2) is 54.6 Å². The fourth-order valence-electron chi connectivity index (χ4n) is 4.76. The highest BCUT2D eigenvalue weighted by Crippen LogP contribution is 2.23. The smallest absolute Gasteiger partial charge is 0.414 e. The molecule has 2 aromatic rings. The maximum atomic E-state index is 12.6. The van der Waals surface area contributed by atoms with Crippen molar-refractivity contribution in [3.8, 4) is 0 Å². The minimum Gasteiger partial charge on any atom is -0.459 e. The van der Waals surface area contributed by atoms with E-state index in [1.165, 1.54) is 17.0 Å². The van der Waals surface area contributed by atoms with Crippen molar-refractivity contribution in [2.24, 2.45) is 0 Å². The summed E-state index contributed by atoms with van der Waals surface area (Å²) in [6.45, 7) is 11.3. The zero-order valence-electron chi connectivity index (χ0n) is 23.9. The summed E-state index contributed by atoms with van der Waals surface area (Å²) in [6.07, 6.45) is -0.754. The predicted octanol–water partition coefficient (Wildman–Crippen LogP) is 2.68. The van der Waals surface area contributed by atoms with E-state index in [9.17, 15) is 19.2 Å². The monoisotopic (exact) mass is 563 g/mol. The van der Waals surface area contributed by atoms with E-state index < -0.39 is 23.4 Å². The summed E-state index contributed by atoms with van der Waals surface area (Å²) in [4.78, 5) is 55.5. The number of benzene rings is 2. The number of nitrogens with zero attached hydrogens (tertiary/aromatic N) is 3. The molecule has 0 spiro atoms. The Bertz CT molecular complexity index is 1280. The van der Waals surface area contributed by atoms with Crippen LogP contribution in [-0.4, -0.2) is 96.4 Å². The second kappa shape index (κ2) is 12.6. The van der Waals surface area contributed by atoms with Gasteiger partial charge in [-0.25, -0.2) is 4.79 Å². The Balaban J connectivity index is 1.25. The van der Waals surface area contributed by atoms with Gasteiger partial charge in [-0.3, -0.25) is 34.5 Å². The van der Waals surface area contributed by atoms with Crippen LogP contribution in [0, 0.1) is 5.41 Å². The van der Waals surface area contributed by atoms with Crippen LogP contribution in [0.4, 0.5) is 10.5 Å². The van der Waals surface area contributed by atoms with E-state index in [0.717, 1.165) is 13.1 Å². The van der Waals surface area contributed by atoms with Crippen molar-refractivity contribution in [2.45, 2.75) is 45.4 Å². The number of amidine groups is 1. The second-order valence-corrected chi connectivity index (χ2v) is 11.2. The third-order valence-electron chi connectivity index (χ3n) is 6.99. The Morgan fingerprint density at radius 1 is 1.00 bits per heavy atom. The minimum absolute atomic E-state index is 0.215. The lowest BCUT2D eigenvalue weighted by molar-refractivity contribution is -0.161.